The zero-order chi connectivity index (χ0) is 22.1. The molecule has 2 heterocycles. The SMILES string of the molecule is C[C@@H](Nc1c(-c2c(F)cc(OCCCN)cc2F)c(Cl)nc2nccn12)C(F)(F)F. The molecule has 6 nitrogen and oxygen atoms in total. The lowest BCUT2D eigenvalue weighted by Crippen LogP contribution is -2.34. The van der Waals surface area contributed by atoms with E-state index in [0.29, 0.717) is 13.0 Å². The van der Waals surface area contributed by atoms with Crippen molar-refractivity contribution < 1.29 is 26.7 Å². The molecule has 3 aromatic rings. The number of nitrogens with zero attached hydrogens (tertiary/aromatic N) is 3. The molecule has 2 aromatic heterocycles. The van der Waals surface area contributed by atoms with Crippen molar-refractivity contribution in [3.05, 3.63) is 41.3 Å². The third kappa shape index (κ3) is 4.41. The van der Waals surface area contributed by atoms with Gasteiger partial charge in [-0.05, 0) is 19.9 Å². The molecule has 1 aromatic carbocycles. The van der Waals surface area contributed by atoms with Gasteiger partial charge in [-0.1, -0.05) is 11.6 Å². The molecule has 3 N–H and O–H groups in total. The summed E-state index contributed by atoms with van der Waals surface area (Å²) in [7, 11) is 0. The summed E-state index contributed by atoms with van der Waals surface area (Å²) in [5.41, 5.74) is 4.33. The van der Waals surface area contributed by atoms with Crippen LogP contribution in [0, 0.1) is 11.6 Å². The first kappa shape index (κ1) is 22.0. The third-order valence-corrected chi connectivity index (χ3v) is 4.50. The molecule has 0 aliphatic heterocycles. The van der Waals surface area contributed by atoms with E-state index in [4.69, 9.17) is 22.1 Å². The van der Waals surface area contributed by atoms with Crippen LogP contribution in [-0.2, 0) is 0 Å². The highest BCUT2D eigenvalue weighted by molar-refractivity contribution is 6.33. The lowest BCUT2D eigenvalue weighted by molar-refractivity contribution is -0.138. The molecule has 0 spiro atoms. The Bertz CT molecular complexity index is 1030. The number of rotatable bonds is 7. The fraction of sp³-hybridized carbons (Fsp3) is 0.333. The van der Waals surface area contributed by atoms with Gasteiger partial charge in [0.2, 0.25) is 5.78 Å². The highest BCUT2D eigenvalue weighted by atomic mass is 35.5. The quantitative estimate of drug-likeness (QED) is 0.317. The Morgan fingerprint density at radius 2 is 1.90 bits per heavy atom. The summed E-state index contributed by atoms with van der Waals surface area (Å²) in [4.78, 5) is 7.80. The maximum absolute atomic E-state index is 14.9. The topological polar surface area (TPSA) is 77.5 Å². The van der Waals surface area contributed by atoms with Crippen molar-refractivity contribution in [2.24, 2.45) is 5.73 Å². The lowest BCUT2D eigenvalue weighted by atomic mass is 10.1. The first-order valence-corrected chi connectivity index (χ1v) is 9.19. The van der Waals surface area contributed by atoms with Crippen molar-refractivity contribution in [3.8, 4) is 16.9 Å². The Morgan fingerprint density at radius 1 is 1.23 bits per heavy atom. The fourth-order valence-corrected chi connectivity index (χ4v) is 2.97. The average molecular weight is 450 g/mol. The number of benzene rings is 1. The van der Waals surface area contributed by atoms with Crippen molar-refractivity contribution >= 4 is 23.2 Å². The molecule has 0 fully saturated rings. The summed E-state index contributed by atoms with van der Waals surface area (Å²) < 4.78 is 75.5. The molecule has 0 saturated heterocycles. The second-order valence-electron chi connectivity index (χ2n) is 6.38. The van der Waals surface area contributed by atoms with Gasteiger partial charge in [0.15, 0.2) is 0 Å². The number of hydrogen-bond acceptors (Lipinski definition) is 5. The molecule has 0 aliphatic rings. The van der Waals surface area contributed by atoms with Crippen LogP contribution in [0.25, 0.3) is 16.9 Å². The number of halogens is 6. The van der Waals surface area contributed by atoms with E-state index >= 15 is 0 Å². The molecule has 0 unspecified atom stereocenters. The second kappa shape index (κ2) is 8.60. The van der Waals surface area contributed by atoms with E-state index in [1.54, 1.807) is 0 Å². The molecule has 162 valence electrons. The van der Waals surface area contributed by atoms with Crippen LogP contribution >= 0.6 is 11.6 Å². The van der Waals surface area contributed by atoms with Crippen molar-refractivity contribution in [3.63, 3.8) is 0 Å². The van der Waals surface area contributed by atoms with Crippen molar-refractivity contribution in [1.29, 1.82) is 0 Å². The minimum Gasteiger partial charge on any atom is -0.493 e. The molecule has 0 saturated carbocycles. The van der Waals surface area contributed by atoms with Crippen molar-refractivity contribution in [1.82, 2.24) is 14.4 Å². The van der Waals surface area contributed by atoms with Gasteiger partial charge in [-0.15, -0.1) is 0 Å². The van der Waals surface area contributed by atoms with Crippen LogP contribution < -0.4 is 15.8 Å². The summed E-state index contributed by atoms with van der Waals surface area (Å²) in [6.07, 6.45) is -1.58. The Labute approximate surface area is 172 Å². The Morgan fingerprint density at radius 3 is 2.50 bits per heavy atom. The van der Waals surface area contributed by atoms with Gasteiger partial charge >= 0.3 is 6.18 Å². The highest BCUT2D eigenvalue weighted by Gasteiger charge is 2.37. The number of anilines is 1. The van der Waals surface area contributed by atoms with E-state index in [9.17, 15) is 22.0 Å². The van der Waals surface area contributed by atoms with E-state index < -0.39 is 34.6 Å². The van der Waals surface area contributed by atoms with Crippen LogP contribution in [0.4, 0.5) is 27.8 Å². The normalized spacial score (nSPS) is 12.9. The van der Waals surface area contributed by atoms with E-state index in [-0.39, 0.29) is 29.5 Å². The highest BCUT2D eigenvalue weighted by Crippen LogP contribution is 2.40. The van der Waals surface area contributed by atoms with Gasteiger partial charge in [0.05, 0.1) is 17.7 Å². The van der Waals surface area contributed by atoms with Gasteiger partial charge in [0.1, 0.15) is 34.4 Å². The van der Waals surface area contributed by atoms with E-state index in [1.807, 2.05) is 0 Å². The van der Waals surface area contributed by atoms with Crippen LogP contribution in [0.15, 0.2) is 24.5 Å². The molecule has 30 heavy (non-hydrogen) atoms. The Balaban J connectivity index is 2.16. The first-order valence-electron chi connectivity index (χ1n) is 8.81. The van der Waals surface area contributed by atoms with Gasteiger partial charge in [-0.3, -0.25) is 4.40 Å². The van der Waals surface area contributed by atoms with Crippen LogP contribution in [0.5, 0.6) is 5.75 Å². The molecular formula is C18H17ClF5N5O. The van der Waals surface area contributed by atoms with Gasteiger partial charge < -0.3 is 15.8 Å². The van der Waals surface area contributed by atoms with Crippen LogP contribution in [-0.4, -0.2) is 39.7 Å². The molecule has 0 aliphatic carbocycles. The van der Waals surface area contributed by atoms with Gasteiger partial charge in [0, 0.05) is 24.5 Å². The Kier molecular flexibility index (Phi) is 6.32. The summed E-state index contributed by atoms with van der Waals surface area (Å²) in [5, 5.41) is 1.81. The second-order valence-corrected chi connectivity index (χ2v) is 6.74. The maximum Gasteiger partial charge on any atom is 0.408 e. The standard InChI is InChI=1S/C18H17ClF5N5O/c1-9(18(22,23)24)27-16-14(15(19)28-17-26-4-5-29(16)17)13-11(20)7-10(8-12(13)21)30-6-2-3-25/h4-5,7-9,27H,2-3,6,25H2,1H3/t9-/m1/s1. The first-order chi connectivity index (χ1) is 14.1. The Hall–Kier alpha value is -2.66. The number of fused-ring (bicyclic) bond motifs is 1. The van der Waals surface area contributed by atoms with E-state index in [0.717, 1.165) is 23.5 Å². The molecule has 12 heteroatoms. The maximum atomic E-state index is 14.9. The lowest BCUT2D eigenvalue weighted by Gasteiger charge is -2.22. The number of nitrogens with one attached hydrogen (secondary N) is 1. The number of nitrogens with two attached hydrogens (primary N) is 1. The van der Waals surface area contributed by atoms with Crippen LogP contribution in [0.3, 0.4) is 0 Å². The van der Waals surface area contributed by atoms with E-state index in [1.165, 1.54) is 12.4 Å². The number of ether oxygens (including phenoxy) is 1. The minimum absolute atomic E-state index is 0.0387. The summed E-state index contributed by atoms with van der Waals surface area (Å²) in [6, 6.07) is -0.217. The number of alkyl halides is 3. The number of imidazole rings is 1. The van der Waals surface area contributed by atoms with Crippen LogP contribution in [0.2, 0.25) is 5.15 Å². The monoisotopic (exact) mass is 449 g/mol. The van der Waals surface area contributed by atoms with Gasteiger partial charge in [0.25, 0.3) is 0 Å². The van der Waals surface area contributed by atoms with Crippen LogP contribution in [0.1, 0.15) is 13.3 Å². The largest absolute Gasteiger partial charge is 0.493 e. The predicted octanol–water partition coefficient (Wildman–Crippen LogP) is 4.42. The zero-order valence-electron chi connectivity index (χ0n) is 15.6. The molecule has 0 radical (unpaired) electrons. The zero-order valence-corrected chi connectivity index (χ0v) is 16.4. The number of hydrogen-bond donors (Lipinski definition) is 2. The van der Waals surface area contributed by atoms with Crippen molar-refractivity contribution in [2.45, 2.75) is 25.6 Å². The van der Waals surface area contributed by atoms with Crippen molar-refractivity contribution in [2.75, 3.05) is 18.5 Å². The molecule has 0 bridgehead atoms. The predicted molar refractivity (Wildman–Crippen MR) is 102 cm³/mol. The third-order valence-electron chi connectivity index (χ3n) is 4.23. The smallest absolute Gasteiger partial charge is 0.408 e. The minimum atomic E-state index is -4.63. The summed E-state index contributed by atoms with van der Waals surface area (Å²) in [6.45, 7) is 1.34. The van der Waals surface area contributed by atoms with Gasteiger partial charge in [-0.25, -0.2) is 13.8 Å². The molecule has 0 amide bonds. The average Bonchev–Trinajstić information content (AvgIpc) is 3.10. The molecule has 3 rings (SSSR count). The fourth-order valence-electron chi connectivity index (χ4n) is 2.71. The number of aromatic nitrogens is 3. The van der Waals surface area contributed by atoms with E-state index in [2.05, 4.69) is 15.3 Å². The molecule has 1 atom stereocenters. The van der Waals surface area contributed by atoms with Gasteiger partial charge in [-0.2, -0.15) is 18.2 Å². The summed E-state index contributed by atoms with van der Waals surface area (Å²) in [5.74, 6) is -2.59. The summed E-state index contributed by atoms with van der Waals surface area (Å²) >= 11 is 6.12. The molecular weight excluding hydrogens is 433 g/mol.